The van der Waals surface area contributed by atoms with Crippen molar-refractivity contribution in [2.75, 3.05) is 13.1 Å². The van der Waals surface area contributed by atoms with Gasteiger partial charge in [0.2, 0.25) is 0 Å². The molecule has 0 aromatic carbocycles. The second-order valence-corrected chi connectivity index (χ2v) is 6.92. The predicted molar refractivity (Wildman–Crippen MR) is 84.8 cm³/mol. The fraction of sp³-hybridized carbons (Fsp3) is 0.750. The summed E-state index contributed by atoms with van der Waals surface area (Å²) in [6.07, 6.45) is 5.66. The van der Waals surface area contributed by atoms with Gasteiger partial charge in [0.1, 0.15) is 0 Å². The van der Waals surface area contributed by atoms with Crippen molar-refractivity contribution in [3.8, 4) is 0 Å². The molecule has 1 aliphatic rings. The molecule has 0 amide bonds. The van der Waals surface area contributed by atoms with E-state index < -0.39 is 0 Å². The molecule has 108 valence electrons. The van der Waals surface area contributed by atoms with E-state index in [0.717, 1.165) is 25.7 Å². The summed E-state index contributed by atoms with van der Waals surface area (Å²) in [5.41, 5.74) is 1.55. The van der Waals surface area contributed by atoms with Gasteiger partial charge in [0.15, 0.2) is 0 Å². The standard InChI is InChI=1S/C16H28N2S/c1-4-17-11-16-10-14(13(3)19-16)12-18(5-2)15-8-6-7-9-15/h10,15,17H,4-9,11-12H2,1-3H3. The molecule has 0 spiro atoms. The number of aryl methyl sites for hydroxylation is 1. The van der Waals surface area contributed by atoms with Gasteiger partial charge in [0, 0.05) is 28.9 Å². The summed E-state index contributed by atoms with van der Waals surface area (Å²) in [6, 6.07) is 3.25. The fourth-order valence-electron chi connectivity index (χ4n) is 3.07. The van der Waals surface area contributed by atoms with Crippen LogP contribution in [0.4, 0.5) is 0 Å². The average molecular weight is 280 g/mol. The maximum absolute atomic E-state index is 3.42. The Hall–Kier alpha value is -0.380. The molecule has 1 aromatic rings. The van der Waals surface area contributed by atoms with Gasteiger partial charge in [0.25, 0.3) is 0 Å². The van der Waals surface area contributed by atoms with E-state index in [0.29, 0.717) is 0 Å². The lowest BCUT2D eigenvalue weighted by Gasteiger charge is -2.27. The number of nitrogens with zero attached hydrogens (tertiary/aromatic N) is 1. The molecule has 0 radical (unpaired) electrons. The smallest absolute Gasteiger partial charge is 0.0299 e. The molecule has 19 heavy (non-hydrogen) atoms. The van der Waals surface area contributed by atoms with Gasteiger partial charge in [-0.15, -0.1) is 11.3 Å². The van der Waals surface area contributed by atoms with Crippen molar-refractivity contribution in [1.29, 1.82) is 0 Å². The molecule has 1 aliphatic carbocycles. The summed E-state index contributed by atoms with van der Waals surface area (Å²) in [5, 5.41) is 3.42. The highest BCUT2D eigenvalue weighted by Crippen LogP contribution is 2.28. The highest BCUT2D eigenvalue weighted by Gasteiger charge is 2.22. The Bertz CT molecular complexity index is 380. The normalized spacial score (nSPS) is 16.6. The molecule has 2 nitrogen and oxygen atoms in total. The van der Waals surface area contributed by atoms with E-state index in [-0.39, 0.29) is 0 Å². The summed E-state index contributed by atoms with van der Waals surface area (Å²) in [6.45, 7) is 11.2. The van der Waals surface area contributed by atoms with Crippen molar-refractivity contribution >= 4 is 11.3 Å². The molecule has 0 bridgehead atoms. The van der Waals surface area contributed by atoms with Gasteiger partial charge in [-0.3, -0.25) is 4.90 Å². The predicted octanol–water partition coefficient (Wildman–Crippen LogP) is 3.93. The fourth-order valence-corrected chi connectivity index (χ4v) is 4.09. The van der Waals surface area contributed by atoms with E-state index in [2.05, 4.69) is 37.1 Å². The van der Waals surface area contributed by atoms with Crippen molar-refractivity contribution in [3.05, 3.63) is 21.4 Å². The second kappa shape index (κ2) is 7.41. The topological polar surface area (TPSA) is 15.3 Å². The van der Waals surface area contributed by atoms with Gasteiger partial charge < -0.3 is 5.32 Å². The van der Waals surface area contributed by atoms with Crippen LogP contribution in [0.1, 0.15) is 54.8 Å². The highest BCUT2D eigenvalue weighted by atomic mass is 32.1. The summed E-state index contributed by atoms with van der Waals surface area (Å²) in [5.74, 6) is 0. The van der Waals surface area contributed by atoms with E-state index in [1.165, 1.54) is 42.0 Å². The van der Waals surface area contributed by atoms with E-state index >= 15 is 0 Å². The minimum absolute atomic E-state index is 0.835. The number of hydrogen-bond donors (Lipinski definition) is 1. The molecular formula is C16H28N2S. The Morgan fingerprint density at radius 2 is 2.05 bits per heavy atom. The third-order valence-electron chi connectivity index (χ3n) is 4.24. The molecule has 1 N–H and O–H groups in total. The molecule has 1 aromatic heterocycles. The second-order valence-electron chi connectivity index (χ2n) is 5.58. The quantitative estimate of drug-likeness (QED) is 0.814. The maximum Gasteiger partial charge on any atom is 0.0299 e. The Balaban J connectivity index is 1.98. The third-order valence-corrected chi connectivity index (χ3v) is 5.33. The number of thiophene rings is 1. The zero-order valence-corrected chi connectivity index (χ0v) is 13.5. The summed E-state index contributed by atoms with van der Waals surface area (Å²) < 4.78 is 0. The molecule has 1 fully saturated rings. The maximum atomic E-state index is 3.42. The van der Waals surface area contributed by atoms with Crippen molar-refractivity contribution in [2.24, 2.45) is 0 Å². The molecule has 0 atom stereocenters. The van der Waals surface area contributed by atoms with Crippen LogP contribution in [0.15, 0.2) is 6.07 Å². The first-order valence-electron chi connectivity index (χ1n) is 7.77. The zero-order chi connectivity index (χ0) is 13.7. The van der Waals surface area contributed by atoms with Crippen molar-refractivity contribution in [1.82, 2.24) is 10.2 Å². The summed E-state index contributed by atoms with van der Waals surface area (Å²) in [4.78, 5) is 5.67. The van der Waals surface area contributed by atoms with E-state index in [9.17, 15) is 0 Å². The van der Waals surface area contributed by atoms with Crippen molar-refractivity contribution in [3.63, 3.8) is 0 Å². The molecular weight excluding hydrogens is 252 g/mol. The number of nitrogens with one attached hydrogen (secondary N) is 1. The lowest BCUT2D eigenvalue weighted by atomic mass is 10.1. The Labute approximate surface area is 122 Å². The van der Waals surface area contributed by atoms with Crippen molar-refractivity contribution < 1.29 is 0 Å². The van der Waals surface area contributed by atoms with Crippen LogP contribution in [-0.4, -0.2) is 24.0 Å². The Kier molecular flexibility index (Phi) is 5.86. The van der Waals surface area contributed by atoms with Crippen LogP contribution in [0.25, 0.3) is 0 Å². The van der Waals surface area contributed by atoms with Crippen LogP contribution in [0.2, 0.25) is 0 Å². The first kappa shape index (κ1) is 15.0. The first-order valence-corrected chi connectivity index (χ1v) is 8.59. The van der Waals surface area contributed by atoms with E-state index in [1.54, 1.807) is 5.56 Å². The lowest BCUT2D eigenvalue weighted by molar-refractivity contribution is 0.200. The van der Waals surface area contributed by atoms with Gasteiger partial charge in [-0.25, -0.2) is 0 Å². The molecule has 2 rings (SSSR count). The molecule has 0 aliphatic heterocycles. The van der Waals surface area contributed by atoms with E-state index in [1.807, 2.05) is 11.3 Å². The van der Waals surface area contributed by atoms with Crippen LogP contribution in [0, 0.1) is 6.92 Å². The average Bonchev–Trinajstić information content (AvgIpc) is 3.04. The minimum Gasteiger partial charge on any atom is -0.312 e. The van der Waals surface area contributed by atoms with Gasteiger partial charge in [-0.2, -0.15) is 0 Å². The highest BCUT2D eigenvalue weighted by molar-refractivity contribution is 7.12. The van der Waals surface area contributed by atoms with Crippen LogP contribution >= 0.6 is 11.3 Å². The summed E-state index contributed by atoms with van der Waals surface area (Å²) in [7, 11) is 0. The molecule has 3 heteroatoms. The largest absolute Gasteiger partial charge is 0.312 e. The number of hydrogen-bond acceptors (Lipinski definition) is 3. The lowest BCUT2D eigenvalue weighted by Crippen LogP contribution is -2.32. The van der Waals surface area contributed by atoms with Crippen LogP contribution in [-0.2, 0) is 13.1 Å². The summed E-state index contributed by atoms with van der Waals surface area (Å²) >= 11 is 1.96. The van der Waals surface area contributed by atoms with E-state index in [4.69, 9.17) is 0 Å². The molecule has 1 saturated carbocycles. The third kappa shape index (κ3) is 4.04. The van der Waals surface area contributed by atoms with Crippen LogP contribution < -0.4 is 5.32 Å². The molecule has 0 unspecified atom stereocenters. The van der Waals surface area contributed by atoms with Gasteiger partial charge in [-0.1, -0.05) is 26.7 Å². The van der Waals surface area contributed by atoms with Crippen LogP contribution in [0.3, 0.4) is 0 Å². The van der Waals surface area contributed by atoms with Crippen LogP contribution in [0.5, 0.6) is 0 Å². The minimum atomic E-state index is 0.835. The SMILES string of the molecule is CCNCc1cc(CN(CC)C2CCCC2)c(C)s1. The molecule has 1 heterocycles. The Morgan fingerprint density at radius 1 is 1.32 bits per heavy atom. The monoisotopic (exact) mass is 280 g/mol. The first-order chi connectivity index (χ1) is 9.24. The van der Waals surface area contributed by atoms with Gasteiger partial charge >= 0.3 is 0 Å². The Morgan fingerprint density at radius 3 is 2.68 bits per heavy atom. The van der Waals surface area contributed by atoms with Gasteiger partial charge in [-0.05, 0) is 44.5 Å². The van der Waals surface area contributed by atoms with Crippen molar-refractivity contribution in [2.45, 2.75) is 65.6 Å². The number of rotatable bonds is 7. The van der Waals surface area contributed by atoms with Gasteiger partial charge in [0.05, 0.1) is 0 Å². The zero-order valence-electron chi connectivity index (χ0n) is 12.7. The molecule has 0 saturated heterocycles.